The summed E-state index contributed by atoms with van der Waals surface area (Å²) in [6, 6.07) is 0.398. The van der Waals surface area contributed by atoms with Gasteiger partial charge in [0.15, 0.2) is 0 Å². The maximum Gasteiger partial charge on any atom is 0.223 e. The highest BCUT2D eigenvalue weighted by molar-refractivity contribution is 5.81. The standard InChI is InChI=1S/C14H23NO2/c1-2-17-12-9-11(14(12)7-3-4-8-14)15-13(16)10-5-6-10/h10-12H,2-9H2,1H3,(H,15,16)/t11-,12-/m0/s1. The molecule has 96 valence electrons. The van der Waals surface area contributed by atoms with E-state index in [1.54, 1.807) is 0 Å². The molecule has 3 aliphatic rings. The number of ether oxygens (including phenoxy) is 1. The molecule has 0 aromatic rings. The summed E-state index contributed by atoms with van der Waals surface area (Å²) in [5, 5.41) is 3.28. The van der Waals surface area contributed by atoms with Gasteiger partial charge in [0.1, 0.15) is 0 Å². The van der Waals surface area contributed by atoms with Crippen LogP contribution in [-0.2, 0) is 9.53 Å². The van der Waals surface area contributed by atoms with Gasteiger partial charge < -0.3 is 10.1 Å². The van der Waals surface area contributed by atoms with E-state index in [-0.39, 0.29) is 0 Å². The van der Waals surface area contributed by atoms with Gasteiger partial charge in [-0.15, -0.1) is 0 Å². The van der Waals surface area contributed by atoms with Crippen molar-refractivity contribution in [3.05, 3.63) is 0 Å². The molecule has 3 aliphatic carbocycles. The Balaban J connectivity index is 1.63. The third kappa shape index (κ3) is 1.88. The molecule has 1 amide bonds. The Morgan fingerprint density at radius 3 is 2.65 bits per heavy atom. The molecule has 0 saturated heterocycles. The Hall–Kier alpha value is -0.570. The first kappa shape index (κ1) is 11.5. The summed E-state index contributed by atoms with van der Waals surface area (Å²) >= 11 is 0. The molecule has 0 unspecified atom stereocenters. The minimum Gasteiger partial charge on any atom is -0.378 e. The average molecular weight is 237 g/mol. The lowest BCUT2D eigenvalue weighted by atomic mass is 9.60. The van der Waals surface area contributed by atoms with Gasteiger partial charge in [-0.3, -0.25) is 4.79 Å². The normalized spacial score (nSPS) is 34.6. The van der Waals surface area contributed by atoms with Crippen molar-refractivity contribution in [1.29, 1.82) is 0 Å². The molecule has 1 spiro atoms. The van der Waals surface area contributed by atoms with Gasteiger partial charge in [0.05, 0.1) is 6.10 Å². The fourth-order valence-corrected chi connectivity index (χ4v) is 3.72. The fraction of sp³-hybridized carbons (Fsp3) is 0.929. The van der Waals surface area contributed by atoms with Gasteiger partial charge >= 0.3 is 0 Å². The number of amides is 1. The summed E-state index contributed by atoms with van der Waals surface area (Å²) in [6.45, 7) is 2.87. The molecule has 3 fully saturated rings. The van der Waals surface area contributed by atoms with Crippen LogP contribution in [0.2, 0.25) is 0 Å². The minimum atomic E-state index is 0.292. The third-order valence-electron chi connectivity index (χ3n) is 4.95. The van der Waals surface area contributed by atoms with Crippen LogP contribution in [0.15, 0.2) is 0 Å². The number of hydrogen-bond donors (Lipinski definition) is 1. The predicted molar refractivity (Wildman–Crippen MR) is 65.6 cm³/mol. The number of carbonyl (C=O) groups excluding carboxylic acids is 1. The van der Waals surface area contributed by atoms with Crippen molar-refractivity contribution >= 4 is 5.91 Å². The van der Waals surface area contributed by atoms with Crippen molar-refractivity contribution in [3.8, 4) is 0 Å². The maximum atomic E-state index is 11.9. The summed E-state index contributed by atoms with van der Waals surface area (Å²) in [4.78, 5) is 11.9. The van der Waals surface area contributed by atoms with Crippen molar-refractivity contribution < 1.29 is 9.53 Å². The summed E-state index contributed by atoms with van der Waals surface area (Å²) in [5.74, 6) is 0.635. The van der Waals surface area contributed by atoms with Crippen LogP contribution < -0.4 is 5.32 Å². The number of carbonyl (C=O) groups is 1. The molecule has 2 atom stereocenters. The monoisotopic (exact) mass is 237 g/mol. The van der Waals surface area contributed by atoms with E-state index >= 15 is 0 Å². The first-order valence-electron chi connectivity index (χ1n) is 7.18. The lowest BCUT2D eigenvalue weighted by Crippen LogP contribution is -2.63. The molecular formula is C14H23NO2. The maximum absolute atomic E-state index is 11.9. The predicted octanol–water partition coefficient (Wildman–Crippen LogP) is 2.25. The second-order valence-electron chi connectivity index (χ2n) is 5.96. The molecule has 0 radical (unpaired) electrons. The summed E-state index contributed by atoms with van der Waals surface area (Å²) in [6.07, 6.45) is 8.73. The van der Waals surface area contributed by atoms with Crippen LogP contribution in [-0.4, -0.2) is 24.7 Å². The smallest absolute Gasteiger partial charge is 0.223 e. The second kappa shape index (κ2) is 4.27. The third-order valence-corrected chi connectivity index (χ3v) is 4.95. The number of nitrogens with one attached hydrogen (secondary N) is 1. The van der Waals surface area contributed by atoms with Gasteiger partial charge in [0.2, 0.25) is 5.91 Å². The highest BCUT2D eigenvalue weighted by atomic mass is 16.5. The molecule has 0 aliphatic heterocycles. The molecule has 3 heteroatoms. The van der Waals surface area contributed by atoms with E-state index in [1.807, 2.05) is 0 Å². The van der Waals surface area contributed by atoms with E-state index in [1.165, 1.54) is 25.7 Å². The van der Waals surface area contributed by atoms with Crippen LogP contribution in [0.3, 0.4) is 0 Å². The molecule has 0 bridgehead atoms. The molecule has 0 heterocycles. The van der Waals surface area contributed by atoms with Crippen molar-refractivity contribution in [3.63, 3.8) is 0 Å². The molecule has 3 rings (SSSR count). The molecule has 1 N–H and O–H groups in total. The van der Waals surface area contributed by atoms with Crippen LogP contribution in [0.25, 0.3) is 0 Å². The van der Waals surface area contributed by atoms with E-state index in [0.29, 0.717) is 29.4 Å². The van der Waals surface area contributed by atoms with Crippen LogP contribution in [0.4, 0.5) is 0 Å². The van der Waals surface area contributed by atoms with Crippen LogP contribution in [0.1, 0.15) is 51.9 Å². The Kier molecular flexibility index (Phi) is 2.89. The quantitative estimate of drug-likeness (QED) is 0.814. The van der Waals surface area contributed by atoms with Crippen LogP contribution >= 0.6 is 0 Å². The number of rotatable bonds is 4. The Morgan fingerprint density at radius 1 is 1.35 bits per heavy atom. The van der Waals surface area contributed by atoms with Gasteiger partial charge in [-0.2, -0.15) is 0 Å². The first-order valence-corrected chi connectivity index (χ1v) is 7.18. The van der Waals surface area contributed by atoms with E-state index < -0.39 is 0 Å². The molecule has 0 aromatic heterocycles. The highest BCUT2D eigenvalue weighted by Crippen LogP contribution is 2.54. The summed E-state index contributed by atoms with van der Waals surface area (Å²) in [5.41, 5.74) is 0.292. The van der Waals surface area contributed by atoms with E-state index in [0.717, 1.165) is 25.9 Å². The summed E-state index contributed by atoms with van der Waals surface area (Å²) in [7, 11) is 0. The number of hydrogen-bond acceptors (Lipinski definition) is 2. The highest BCUT2D eigenvalue weighted by Gasteiger charge is 2.57. The Labute approximate surface area is 103 Å². The topological polar surface area (TPSA) is 38.3 Å². The van der Waals surface area contributed by atoms with Crippen LogP contribution in [0.5, 0.6) is 0 Å². The molecule has 3 nitrogen and oxygen atoms in total. The fourth-order valence-electron chi connectivity index (χ4n) is 3.72. The van der Waals surface area contributed by atoms with Crippen LogP contribution in [0, 0.1) is 11.3 Å². The Morgan fingerprint density at radius 2 is 2.06 bits per heavy atom. The SMILES string of the molecule is CCO[C@H]1C[C@H](NC(=O)C2CC2)C12CCCC2. The first-order chi connectivity index (χ1) is 8.26. The molecule has 0 aromatic carbocycles. The van der Waals surface area contributed by atoms with E-state index in [2.05, 4.69) is 12.2 Å². The second-order valence-corrected chi connectivity index (χ2v) is 5.96. The van der Waals surface area contributed by atoms with Gasteiger partial charge in [-0.1, -0.05) is 12.8 Å². The lowest BCUT2D eigenvalue weighted by Gasteiger charge is -2.54. The van der Waals surface area contributed by atoms with E-state index in [4.69, 9.17) is 4.74 Å². The van der Waals surface area contributed by atoms with Gasteiger partial charge in [0.25, 0.3) is 0 Å². The van der Waals surface area contributed by atoms with Gasteiger partial charge in [-0.05, 0) is 39.0 Å². The minimum absolute atomic E-state index is 0.292. The summed E-state index contributed by atoms with van der Waals surface area (Å²) < 4.78 is 5.85. The largest absolute Gasteiger partial charge is 0.378 e. The van der Waals surface area contributed by atoms with Crippen molar-refractivity contribution in [1.82, 2.24) is 5.32 Å². The zero-order chi connectivity index (χ0) is 11.9. The van der Waals surface area contributed by atoms with Crippen molar-refractivity contribution in [2.75, 3.05) is 6.61 Å². The average Bonchev–Trinajstić information content (AvgIpc) is 3.04. The van der Waals surface area contributed by atoms with Crippen molar-refractivity contribution in [2.45, 2.75) is 64.0 Å². The van der Waals surface area contributed by atoms with Gasteiger partial charge in [0, 0.05) is 24.0 Å². The Bertz CT molecular complexity index is 305. The van der Waals surface area contributed by atoms with E-state index in [9.17, 15) is 4.79 Å². The van der Waals surface area contributed by atoms with Gasteiger partial charge in [-0.25, -0.2) is 0 Å². The zero-order valence-electron chi connectivity index (χ0n) is 10.7. The molecule has 3 saturated carbocycles. The lowest BCUT2D eigenvalue weighted by molar-refractivity contribution is -0.144. The zero-order valence-corrected chi connectivity index (χ0v) is 10.7. The molecular weight excluding hydrogens is 214 g/mol. The van der Waals surface area contributed by atoms with Crippen molar-refractivity contribution in [2.24, 2.45) is 11.3 Å². The molecule has 17 heavy (non-hydrogen) atoms.